The molecule has 136 valence electrons. The molecule has 0 bridgehead atoms. The molecule has 1 nitrogen and oxygen atoms in total. The molecule has 3 aromatic rings. The van der Waals surface area contributed by atoms with Crippen LogP contribution in [0.4, 0.5) is 0 Å². The summed E-state index contributed by atoms with van der Waals surface area (Å²) in [5.74, 6) is 1.00. The van der Waals surface area contributed by atoms with E-state index >= 15 is 0 Å². The predicted molar refractivity (Wildman–Crippen MR) is 113 cm³/mol. The molecule has 0 atom stereocenters. The molecule has 0 heterocycles. The Morgan fingerprint density at radius 3 is 1.92 bits per heavy atom. The highest BCUT2D eigenvalue weighted by Crippen LogP contribution is 2.45. The highest BCUT2D eigenvalue weighted by Gasteiger charge is 2.30. The molecule has 0 aromatic heterocycles. The van der Waals surface area contributed by atoms with Gasteiger partial charge in [-0.2, -0.15) is 0 Å². The van der Waals surface area contributed by atoms with Crippen LogP contribution in [0.2, 0.25) is 0 Å². The zero-order valence-corrected chi connectivity index (χ0v) is 17.1. The minimum Gasteiger partial charge on any atom is -0.496 e. The Balaban J connectivity index is 2.31. The van der Waals surface area contributed by atoms with E-state index in [9.17, 15) is 0 Å². The molecule has 0 unspecified atom stereocenters. The van der Waals surface area contributed by atoms with Crippen LogP contribution >= 0.6 is 0 Å². The Labute approximate surface area is 158 Å². The number of hydrogen-bond acceptors (Lipinski definition) is 1. The van der Waals surface area contributed by atoms with Gasteiger partial charge in [-0.1, -0.05) is 90.1 Å². The Morgan fingerprint density at radius 2 is 1.35 bits per heavy atom. The molecule has 26 heavy (non-hydrogen) atoms. The second-order valence-electron chi connectivity index (χ2n) is 9.13. The van der Waals surface area contributed by atoms with Gasteiger partial charge >= 0.3 is 0 Å². The van der Waals surface area contributed by atoms with Crippen molar-refractivity contribution in [3.8, 4) is 16.9 Å². The summed E-state index contributed by atoms with van der Waals surface area (Å²) in [6, 6.07) is 19.6. The maximum Gasteiger partial charge on any atom is 0.130 e. The van der Waals surface area contributed by atoms with Crippen LogP contribution in [0.5, 0.6) is 5.75 Å². The second-order valence-corrected chi connectivity index (χ2v) is 9.13. The van der Waals surface area contributed by atoms with Gasteiger partial charge in [0.05, 0.1) is 7.11 Å². The summed E-state index contributed by atoms with van der Waals surface area (Å²) in [7, 11) is 1.79. The predicted octanol–water partition coefficient (Wildman–Crippen LogP) is 7.11. The molecule has 3 rings (SSSR count). The molecule has 0 amide bonds. The molecular formula is C25H30O. The summed E-state index contributed by atoms with van der Waals surface area (Å²) in [5.41, 5.74) is 5.09. The number of hydrogen-bond donors (Lipinski definition) is 0. The van der Waals surface area contributed by atoms with Crippen molar-refractivity contribution in [1.29, 1.82) is 0 Å². The van der Waals surface area contributed by atoms with Crippen LogP contribution in [0.15, 0.2) is 54.6 Å². The monoisotopic (exact) mass is 346 g/mol. The molecule has 0 aliphatic rings. The Bertz CT molecular complexity index is 937. The largest absolute Gasteiger partial charge is 0.496 e. The lowest BCUT2D eigenvalue weighted by atomic mass is 9.73. The van der Waals surface area contributed by atoms with Crippen molar-refractivity contribution < 1.29 is 4.74 Å². The number of methoxy groups -OCH3 is 1. The summed E-state index contributed by atoms with van der Waals surface area (Å²) in [4.78, 5) is 0. The third-order valence-corrected chi connectivity index (χ3v) is 4.98. The van der Waals surface area contributed by atoms with Crippen LogP contribution in [-0.2, 0) is 10.8 Å². The van der Waals surface area contributed by atoms with E-state index in [2.05, 4.69) is 96.1 Å². The average molecular weight is 347 g/mol. The maximum absolute atomic E-state index is 6.01. The molecule has 3 aromatic carbocycles. The first-order valence-corrected chi connectivity index (χ1v) is 9.34. The Morgan fingerprint density at radius 1 is 0.692 bits per heavy atom. The van der Waals surface area contributed by atoms with E-state index in [-0.39, 0.29) is 10.8 Å². The van der Waals surface area contributed by atoms with E-state index in [1.54, 1.807) is 7.11 Å². The first-order valence-electron chi connectivity index (χ1n) is 9.34. The number of benzene rings is 3. The van der Waals surface area contributed by atoms with Crippen LogP contribution in [0, 0.1) is 0 Å². The van der Waals surface area contributed by atoms with Crippen molar-refractivity contribution in [2.75, 3.05) is 7.11 Å². The zero-order valence-electron chi connectivity index (χ0n) is 17.1. The van der Waals surface area contributed by atoms with Gasteiger partial charge in [0.1, 0.15) is 5.75 Å². The van der Waals surface area contributed by atoms with Crippen molar-refractivity contribution in [2.45, 2.75) is 52.4 Å². The summed E-state index contributed by atoms with van der Waals surface area (Å²) in [6.45, 7) is 13.6. The lowest BCUT2D eigenvalue weighted by Gasteiger charge is -2.32. The number of rotatable bonds is 2. The van der Waals surface area contributed by atoms with Gasteiger partial charge in [0, 0.05) is 11.1 Å². The SMILES string of the molecule is COc1c(-c2ccc3ccccc3c2)ccc(C(C)(C)C)c1C(C)(C)C. The van der Waals surface area contributed by atoms with Gasteiger partial charge < -0.3 is 4.74 Å². The van der Waals surface area contributed by atoms with Gasteiger partial charge in [0.25, 0.3) is 0 Å². The number of fused-ring (bicyclic) bond motifs is 1. The Hall–Kier alpha value is -2.28. The molecule has 0 saturated heterocycles. The van der Waals surface area contributed by atoms with Gasteiger partial charge in [0.15, 0.2) is 0 Å². The molecule has 0 saturated carbocycles. The normalized spacial score (nSPS) is 12.4. The fraction of sp³-hybridized carbons (Fsp3) is 0.360. The third-order valence-electron chi connectivity index (χ3n) is 4.98. The quantitative estimate of drug-likeness (QED) is 0.480. The molecule has 0 aliphatic carbocycles. The van der Waals surface area contributed by atoms with Gasteiger partial charge in [-0.25, -0.2) is 0 Å². The van der Waals surface area contributed by atoms with Gasteiger partial charge in [0.2, 0.25) is 0 Å². The minimum absolute atomic E-state index is 0.000809. The molecular weight excluding hydrogens is 316 g/mol. The maximum atomic E-state index is 6.01. The van der Waals surface area contributed by atoms with Crippen molar-refractivity contribution in [3.05, 3.63) is 65.7 Å². The smallest absolute Gasteiger partial charge is 0.130 e. The van der Waals surface area contributed by atoms with Gasteiger partial charge in [-0.3, -0.25) is 0 Å². The fourth-order valence-electron chi connectivity index (χ4n) is 3.75. The van der Waals surface area contributed by atoms with Gasteiger partial charge in [-0.15, -0.1) is 0 Å². The van der Waals surface area contributed by atoms with Crippen LogP contribution in [0.25, 0.3) is 21.9 Å². The fourth-order valence-corrected chi connectivity index (χ4v) is 3.75. The highest BCUT2D eigenvalue weighted by molar-refractivity contribution is 5.88. The molecule has 0 spiro atoms. The molecule has 1 heteroatoms. The van der Waals surface area contributed by atoms with E-state index < -0.39 is 0 Å². The van der Waals surface area contributed by atoms with Crippen molar-refractivity contribution in [3.63, 3.8) is 0 Å². The lowest BCUT2D eigenvalue weighted by Crippen LogP contribution is -2.23. The van der Waals surface area contributed by atoms with Crippen molar-refractivity contribution >= 4 is 10.8 Å². The van der Waals surface area contributed by atoms with Crippen molar-refractivity contribution in [1.82, 2.24) is 0 Å². The van der Waals surface area contributed by atoms with Crippen LogP contribution < -0.4 is 4.74 Å². The second kappa shape index (κ2) is 6.46. The highest BCUT2D eigenvalue weighted by atomic mass is 16.5. The van der Waals surface area contributed by atoms with E-state index in [1.165, 1.54) is 27.5 Å². The summed E-state index contributed by atoms with van der Waals surface area (Å²) >= 11 is 0. The summed E-state index contributed by atoms with van der Waals surface area (Å²) in [5, 5.41) is 2.52. The van der Waals surface area contributed by atoms with E-state index in [4.69, 9.17) is 4.74 Å². The minimum atomic E-state index is 0.000809. The van der Waals surface area contributed by atoms with Crippen molar-refractivity contribution in [2.24, 2.45) is 0 Å². The first-order chi connectivity index (χ1) is 12.1. The van der Waals surface area contributed by atoms with Crippen LogP contribution in [0.1, 0.15) is 52.7 Å². The standard InChI is InChI=1S/C25H30O/c1-24(2,3)21-15-14-20(23(26-7)22(21)25(4,5)6)19-13-12-17-10-8-9-11-18(17)16-19/h8-16H,1-7H3. The Kier molecular flexibility index (Phi) is 4.60. The summed E-state index contributed by atoms with van der Waals surface area (Å²) < 4.78 is 6.01. The third kappa shape index (κ3) is 3.35. The molecule has 0 N–H and O–H groups in total. The van der Waals surface area contributed by atoms with E-state index in [0.29, 0.717) is 0 Å². The topological polar surface area (TPSA) is 9.23 Å². The number of ether oxygens (including phenoxy) is 1. The van der Waals surface area contributed by atoms with Crippen LogP contribution in [0.3, 0.4) is 0 Å². The first kappa shape index (κ1) is 18.5. The van der Waals surface area contributed by atoms with E-state index in [1.807, 2.05) is 0 Å². The van der Waals surface area contributed by atoms with E-state index in [0.717, 1.165) is 11.3 Å². The molecule has 0 fully saturated rings. The zero-order chi connectivity index (χ0) is 19.1. The lowest BCUT2D eigenvalue weighted by molar-refractivity contribution is 0.393. The average Bonchev–Trinajstić information content (AvgIpc) is 2.58. The molecule has 0 aliphatic heterocycles. The summed E-state index contributed by atoms with van der Waals surface area (Å²) in [6.07, 6.45) is 0. The van der Waals surface area contributed by atoms with Gasteiger partial charge in [-0.05, 0) is 38.8 Å². The molecule has 0 radical (unpaired) electrons. The van der Waals surface area contributed by atoms with Crippen LogP contribution in [-0.4, -0.2) is 7.11 Å².